The van der Waals surface area contributed by atoms with Gasteiger partial charge in [0, 0.05) is 17.0 Å². The molecule has 0 saturated heterocycles. The van der Waals surface area contributed by atoms with Crippen molar-refractivity contribution in [2.45, 2.75) is 13.8 Å². The number of aromatic hydroxyl groups is 1. The first-order valence-electron chi connectivity index (χ1n) is 10.5. The Morgan fingerprint density at radius 3 is 2.25 bits per heavy atom. The van der Waals surface area contributed by atoms with Crippen LogP contribution in [0.3, 0.4) is 0 Å². The molecule has 1 aromatic heterocycles. The number of hydrogen-bond acceptors (Lipinski definition) is 5. The molecule has 32 heavy (non-hydrogen) atoms. The normalized spacial score (nSPS) is 11.2. The van der Waals surface area contributed by atoms with Crippen molar-refractivity contribution in [1.29, 1.82) is 0 Å². The number of rotatable bonds is 7. The molecule has 162 valence electrons. The first kappa shape index (κ1) is 21.2. The zero-order valence-electron chi connectivity index (χ0n) is 18.0. The Morgan fingerprint density at radius 1 is 0.875 bits per heavy atom. The third kappa shape index (κ3) is 4.07. The molecule has 0 bridgehead atoms. The van der Waals surface area contributed by atoms with Crippen molar-refractivity contribution in [3.8, 4) is 23.1 Å². The second kappa shape index (κ2) is 9.39. The summed E-state index contributed by atoms with van der Waals surface area (Å²) < 4.78 is 12.4. The third-order valence-corrected chi connectivity index (χ3v) is 5.01. The first-order valence-corrected chi connectivity index (χ1v) is 10.5. The van der Waals surface area contributed by atoms with Crippen molar-refractivity contribution in [1.82, 2.24) is 4.57 Å². The second-order valence-corrected chi connectivity index (χ2v) is 7.01. The standard InChI is InChI=1S/C26H24N2O4/c1-3-31-19-15-13-18(14-16-19)28-25(29)21-10-6-5-9-20(21)22(26(28)30)17-27-23-11-7-8-12-24(23)32-4-2/h5-17,30H,3-4H2,1-2H3. The Bertz CT molecular complexity index is 1320. The van der Waals surface area contributed by atoms with E-state index >= 15 is 0 Å². The molecule has 0 amide bonds. The molecule has 0 radical (unpaired) electrons. The summed E-state index contributed by atoms with van der Waals surface area (Å²) in [4.78, 5) is 17.8. The molecule has 0 atom stereocenters. The highest BCUT2D eigenvalue weighted by molar-refractivity contribution is 6.02. The number of fused-ring (bicyclic) bond motifs is 1. The van der Waals surface area contributed by atoms with E-state index in [0.717, 1.165) is 0 Å². The van der Waals surface area contributed by atoms with Gasteiger partial charge in [-0.1, -0.05) is 30.3 Å². The van der Waals surface area contributed by atoms with E-state index in [0.29, 0.717) is 52.4 Å². The predicted octanol–water partition coefficient (Wildman–Crippen LogP) is 5.24. The van der Waals surface area contributed by atoms with Gasteiger partial charge in [0.15, 0.2) is 0 Å². The van der Waals surface area contributed by atoms with Crippen LogP contribution in [0.5, 0.6) is 17.4 Å². The monoisotopic (exact) mass is 428 g/mol. The SMILES string of the molecule is CCOc1ccc(-n2c(O)c(C=Nc3ccccc3OCC)c3ccccc3c2=O)cc1. The van der Waals surface area contributed by atoms with E-state index in [1.807, 2.05) is 44.2 Å². The zero-order chi connectivity index (χ0) is 22.5. The summed E-state index contributed by atoms with van der Waals surface area (Å²) in [6.07, 6.45) is 1.57. The van der Waals surface area contributed by atoms with Crippen LogP contribution in [0.1, 0.15) is 19.4 Å². The highest BCUT2D eigenvalue weighted by Gasteiger charge is 2.16. The number of benzene rings is 3. The van der Waals surface area contributed by atoms with Crippen LogP contribution in [0.25, 0.3) is 16.5 Å². The molecular formula is C26H24N2O4. The van der Waals surface area contributed by atoms with Crippen molar-refractivity contribution in [2.75, 3.05) is 13.2 Å². The van der Waals surface area contributed by atoms with Gasteiger partial charge >= 0.3 is 0 Å². The average molecular weight is 428 g/mol. The molecule has 4 rings (SSSR count). The Hall–Kier alpha value is -4.06. The highest BCUT2D eigenvalue weighted by Crippen LogP contribution is 2.30. The van der Waals surface area contributed by atoms with Crippen molar-refractivity contribution in [2.24, 2.45) is 4.99 Å². The van der Waals surface area contributed by atoms with Crippen LogP contribution >= 0.6 is 0 Å². The maximum Gasteiger partial charge on any atom is 0.265 e. The Kier molecular flexibility index (Phi) is 6.22. The summed E-state index contributed by atoms with van der Waals surface area (Å²) in [5.41, 5.74) is 1.30. The van der Waals surface area contributed by atoms with E-state index in [-0.39, 0.29) is 11.4 Å². The fraction of sp³-hybridized carbons (Fsp3) is 0.154. The van der Waals surface area contributed by atoms with Crippen LogP contribution in [-0.4, -0.2) is 29.1 Å². The number of ether oxygens (including phenoxy) is 2. The number of hydrogen-bond donors (Lipinski definition) is 1. The number of para-hydroxylation sites is 2. The molecule has 1 heterocycles. The van der Waals surface area contributed by atoms with Gasteiger partial charge in [-0.2, -0.15) is 0 Å². The number of pyridine rings is 1. The lowest BCUT2D eigenvalue weighted by Crippen LogP contribution is -2.20. The minimum Gasteiger partial charge on any atom is -0.494 e. The highest BCUT2D eigenvalue weighted by atomic mass is 16.5. The summed E-state index contributed by atoms with van der Waals surface area (Å²) in [6.45, 7) is 4.88. The lowest BCUT2D eigenvalue weighted by molar-refractivity contribution is 0.340. The Morgan fingerprint density at radius 2 is 1.53 bits per heavy atom. The van der Waals surface area contributed by atoms with E-state index in [1.54, 1.807) is 48.7 Å². The smallest absolute Gasteiger partial charge is 0.265 e. The van der Waals surface area contributed by atoms with Gasteiger partial charge in [0.1, 0.15) is 17.2 Å². The van der Waals surface area contributed by atoms with E-state index in [9.17, 15) is 9.90 Å². The van der Waals surface area contributed by atoms with Crippen LogP contribution in [0, 0.1) is 0 Å². The summed E-state index contributed by atoms with van der Waals surface area (Å²) in [5.74, 6) is 1.16. The maximum atomic E-state index is 13.2. The second-order valence-electron chi connectivity index (χ2n) is 7.01. The van der Waals surface area contributed by atoms with Gasteiger partial charge in [-0.05, 0) is 56.3 Å². The summed E-state index contributed by atoms with van der Waals surface area (Å²) in [5, 5.41) is 12.3. The zero-order valence-corrected chi connectivity index (χ0v) is 18.0. The Balaban J connectivity index is 1.89. The number of nitrogens with zero attached hydrogens (tertiary/aromatic N) is 2. The number of aromatic nitrogens is 1. The molecule has 6 nitrogen and oxygen atoms in total. The molecule has 0 spiro atoms. The summed E-state index contributed by atoms with van der Waals surface area (Å²) in [6, 6.07) is 21.6. The van der Waals surface area contributed by atoms with Gasteiger partial charge < -0.3 is 14.6 Å². The van der Waals surface area contributed by atoms with Gasteiger partial charge in [0.05, 0.1) is 24.5 Å². The van der Waals surface area contributed by atoms with Crippen LogP contribution in [0.15, 0.2) is 82.6 Å². The van der Waals surface area contributed by atoms with E-state index in [2.05, 4.69) is 4.99 Å². The van der Waals surface area contributed by atoms with E-state index < -0.39 is 0 Å². The van der Waals surface area contributed by atoms with Crippen LogP contribution in [0.4, 0.5) is 5.69 Å². The molecule has 3 aromatic carbocycles. The molecule has 0 unspecified atom stereocenters. The van der Waals surface area contributed by atoms with Crippen LogP contribution < -0.4 is 15.0 Å². The Labute approximate surface area is 186 Å². The topological polar surface area (TPSA) is 73.1 Å². The molecule has 0 saturated carbocycles. The largest absolute Gasteiger partial charge is 0.494 e. The number of aliphatic imine (C=N–C) groups is 1. The quantitative estimate of drug-likeness (QED) is 0.408. The van der Waals surface area contributed by atoms with Crippen LogP contribution in [-0.2, 0) is 0 Å². The van der Waals surface area contributed by atoms with E-state index in [4.69, 9.17) is 9.47 Å². The molecular weight excluding hydrogens is 404 g/mol. The summed E-state index contributed by atoms with van der Waals surface area (Å²) >= 11 is 0. The van der Waals surface area contributed by atoms with E-state index in [1.165, 1.54) is 4.57 Å². The minimum absolute atomic E-state index is 0.185. The lowest BCUT2D eigenvalue weighted by atomic mass is 10.1. The minimum atomic E-state index is -0.311. The molecule has 6 heteroatoms. The fourth-order valence-corrected chi connectivity index (χ4v) is 3.56. The summed E-state index contributed by atoms with van der Waals surface area (Å²) in [7, 11) is 0. The molecule has 0 aliphatic heterocycles. The van der Waals surface area contributed by atoms with Gasteiger partial charge in [0.2, 0.25) is 5.88 Å². The van der Waals surface area contributed by atoms with Gasteiger partial charge in [0.25, 0.3) is 5.56 Å². The molecule has 0 aliphatic rings. The average Bonchev–Trinajstić information content (AvgIpc) is 2.81. The van der Waals surface area contributed by atoms with Crippen LogP contribution in [0.2, 0.25) is 0 Å². The molecule has 0 fully saturated rings. The van der Waals surface area contributed by atoms with Gasteiger partial charge in [-0.15, -0.1) is 0 Å². The maximum absolute atomic E-state index is 13.2. The van der Waals surface area contributed by atoms with Crippen molar-refractivity contribution in [3.63, 3.8) is 0 Å². The molecule has 1 N–H and O–H groups in total. The third-order valence-electron chi connectivity index (χ3n) is 5.01. The van der Waals surface area contributed by atoms with Crippen molar-refractivity contribution < 1.29 is 14.6 Å². The molecule has 4 aromatic rings. The fourth-order valence-electron chi connectivity index (χ4n) is 3.56. The predicted molar refractivity (Wildman–Crippen MR) is 127 cm³/mol. The molecule has 0 aliphatic carbocycles. The van der Waals surface area contributed by atoms with Crippen molar-refractivity contribution >= 4 is 22.7 Å². The van der Waals surface area contributed by atoms with Gasteiger partial charge in [-0.3, -0.25) is 9.79 Å². The first-order chi connectivity index (χ1) is 15.6. The van der Waals surface area contributed by atoms with Gasteiger partial charge in [-0.25, -0.2) is 4.57 Å². The lowest BCUT2D eigenvalue weighted by Gasteiger charge is -2.14. The van der Waals surface area contributed by atoms with Crippen molar-refractivity contribution in [3.05, 3.63) is 88.7 Å².